The Kier molecular flexibility index (Phi) is 7.36. The molecule has 1 saturated heterocycles. The van der Waals surface area contributed by atoms with Crippen LogP contribution in [0.5, 0.6) is 11.5 Å². The highest BCUT2D eigenvalue weighted by Crippen LogP contribution is 2.19. The molecule has 1 amide bonds. The topological polar surface area (TPSA) is 62.2 Å². The number of hydrogen-bond donors (Lipinski definition) is 1. The SMILES string of the molecule is CC(C)Oc1ccc(OCCc2ccc(CN3CCN(C(=O)O)CC3)cc2)cc1. The van der Waals surface area contributed by atoms with Crippen molar-refractivity contribution in [1.82, 2.24) is 9.80 Å². The van der Waals surface area contributed by atoms with Crippen LogP contribution in [0, 0.1) is 0 Å². The number of benzene rings is 2. The van der Waals surface area contributed by atoms with Crippen molar-refractivity contribution >= 4 is 6.09 Å². The van der Waals surface area contributed by atoms with Crippen molar-refractivity contribution in [1.29, 1.82) is 0 Å². The second kappa shape index (κ2) is 10.2. The fraction of sp³-hybridized carbons (Fsp3) is 0.435. The van der Waals surface area contributed by atoms with Gasteiger partial charge >= 0.3 is 6.09 Å². The van der Waals surface area contributed by atoms with Gasteiger partial charge in [0, 0.05) is 39.1 Å². The lowest BCUT2D eigenvalue weighted by Crippen LogP contribution is -2.47. The molecule has 0 atom stereocenters. The third kappa shape index (κ3) is 6.68. The van der Waals surface area contributed by atoms with Crippen LogP contribution in [0.15, 0.2) is 48.5 Å². The van der Waals surface area contributed by atoms with Crippen molar-refractivity contribution in [3.8, 4) is 11.5 Å². The van der Waals surface area contributed by atoms with Crippen LogP contribution in [-0.2, 0) is 13.0 Å². The van der Waals surface area contributed by atoms with Gasteiger partial charge < -0.3 is 19.5 Å². The number of carbonyl (C=O) groups is 1. The minimum absolute atomic E-state index is 0.166. The van der Waals surface area contributed by atoms with Gasteiger partial charge in [-0.3, -0.25) is 4.90 Å². The average Bonchev–Trinajstić information content (AvgIpc) is 2.71. The molecular formula is C23H30N2O4. The Bertz CT molecular complexity index is 766. The number of nitrogens with zero attached hydrogens (tertiary/aromatic N) is 2. The summed E-state index contributed by atoms with van der Waals surface area (Å²) in [5.74, 6) is 1.70. The Morgan fingerprint density at radius 2 is 1.52 bits per heavy atom. The largest absolute Gasteiger partial charge is 0.493 e. The molecule has 0 saturated carbocycles. The monoisotopic (exact) mass is 398 g/mol. The molecule has 1 fully saturated rings. The molecule has 2 aromatic carbocycles. The van der Waals surface area contributed by atoms with E-state index in [4.69, 9.17) is 14.6 Å². The highest BCUT2D eigenvalue weighted by Gasteiger charge is 2.20. The van der Waals surface area contributed by atoms with Crippen LogP contribution in [0.3, 0.4) is 0 Å². The van der Waals surface area contributed by atoms with Gasteiger partial charge in [-0.05, 0) is 49.2 Å². The average molecular weight is 399 g/mol. The molecule has 0 aromatic heterocycles. The smallest absolute Gasteiger partial charge is 0.407 e. The number of rotatable bonds is 8. The van der Waals surface area contributed by atoms with Gasteiger partial charge in [-0.1, -0.05) is 24.3 Å². The molecule has 0 bridgehead atoms. The lowest BCUT2D eigenvalue weighted by atomic mass is 10.1. The lowest BCUT2D eigenvalue weighted by Gasteiger charge is -2.33. The van der Waals surface area contributed by atoms with E-state index in [1.807, 2.05) is 38.1 Å². The zero-order valence-electron chi connectivity index (χ0n) is 17.2. The van der Waals surface area contributed by atoms with Crippen LogP contribution in [0.2, 0.25) is 0 Å². The summed E-state index contributed by atoms with van der Waals surface area (Å²) in [5, 5.41) is 9.02. The summed E-state index contributed by atoms with van der Waals surface area (Å²) in [7, 11) is 0. The molecule has 156 valence electrons. The minimum atomic E-state index is -0.823. The Morgan fingerprint density at radius 1 is 0.931 bits per heavy atom. The van der Waals surface area contributed by atoms with E-state index in [1.165, 1.54) is 16.0 Å². The molecule has 3 rings (SSSR count). The van der Waals surface area contributed by atoms with Crippen LogP contribution in [0.1, 0.15) is 25.0 Å². The van der Waals surface area contributed by atoms with E-state index in [1.54, 1.807) is 0 Å². The Labute approximate surface area is 172 Å². The first-order chi connectivity index (χ1) is 14.0. The van der Waals surface area contributed by atoms with Crippen molar-refractivity contribution in [3.63, 3.8) is 0 Å². The zero-order chi connectivity index (χ0) is 20.6. The first-order valence-electron chi connectivity index (χ1n) is 10.2. The number of piperazine rings is 1. The predicted molar refractivity (Wildman–Crippen MR) is 113 cm³/mol. The van der Waals surface area contributed by atoms with Gasteiger partial charge in [-0.2, -0.15) is 0 Å². The molecule has 0 aliphatic carbocycles. The molecular weight excluding hydrogens is 368 g/mol. The first-order valence-corrected chi connectivity index (χ1v) is 10.2. The molecule has 2 aromatic rings. The maximum Gasteiger partial charge on any atom is 0.407 e. The maximum atomic E-state index is 11.0. The number of amides is 1. The second-order valence-electron chi connectivity index (χ2n) is 7.60. The van der Waals surface area contributed by atoms with E-state index in [-0.39, 0.29) is 6.10 Å². The van der Waals surface area contributed by atoms with E-state index in [0.717, 1.165) is 37.6 Å². The normalized spacial score (nSPS) is 14.8. The fourth-order valence-electron chi connectivity index (χ4n) is 3.34. The summed E-state index contributed by atoms with van der Waals surface area (Å²) in [6.07, 6.45) is 0.192. The van der Waals surface area contributed by atoms with Crippen molar-refractivity contribution < 1.29 is 19.4 Å². The number of ether oxygens (including phenoxy) is 2. The summed E-state index contributed by atoms with van der Waals surface area (Å²) in [6.45, 7) is 8.22. The van der Waals surface area contributed by atoms with Gasteiger partial charge in [0.05, 0.1) is 12.7 Å². The van der Waals surface area contributed by atoms with E-state index in [9.17, 15) is 4.79 Å². The van der Waals surface area contributed by atoms with Crippen LogP contribution in [0.4, 0.5) is 4.79 Å². The van der Waals surface area contributed by atoms with Crippen LogP contribution in [0.25, 0.3) is 0 Å². The van der Waals surface area contributed by atoms with Gasteiger partial charge in [0.2, 0.25) is 0 Å². The summed E-state index contributed by atoms with van der Waals surface area (Å²) in [6, 6.07) is 16.3. The van der Waals surface area contributed by atoms with Crippen molar-refractivity contribution in [3.05, 3.63) is 59.7 Å². The summed E-state index contributed by atoms with van der Waals surface area (Å²) >= 11 is 0. The van der Waals surface area contributed by atoms with Gasteiger partial charge in [-0.15, -0.1) is 0 Å². The maximum absolute atomic E-state index is 11.0. The van der Waals surface area contributed by atoms with Gasteiger partial charge in [0.1, 0.15) is 11.5 Å². The molecule has 29 heavy (non-hydrogen) atoms. The molecule has 0 unspecified atom stereocenters. The Balaban J connectivity index is 1.40. The summed E-state index contributed by atoms with van der Waals surface area (Å²) in [5.41, 5.74) is 2.49. The molecule has 1 aliphatic rings. The Hall–Kier alpha value is -2.73. The first kappa shape index (κ1) is 21.0. The molecule has 1 N–H and O–H groups in total. The van der Waals surface area contributed by atoms with Crippen molar-refractivity contribution in [2.75, 3.05) is 32.8 Å². The number of hydrogen-bond acceptors (Lipinski definition) is 4. The van der Waals surface area contributed by atoms with Gasteiger partial charge in [-0.25, -0.2) is 4.79 Å². The van der Waals surface area contributed by atoms with E-state index < -0.39 is 6.09 Å². The van der Waals surface area contributed by atoms with Crippen LogP contribution >= 0.6 is 0 Å². The molecule has 1 aliphatic heterocycles. The molecule has 6 heteroatoms. The standard InChI is InChI=1S/C23H30N2O4/c1-18(2)29-22-9-7-21(8-10-22)28-16-11-19-3-5-20(6-4-19)17-24-12-14-25(15-13-24)23(26)27/h3-10,18H,11-17H2,1-2H3,(H,26,27). The molecule has 0 radical (unpaired) electrons. The fourth-order valence-corrected chi connectivity index (χ4v) is 3.34. The summed E-state index contributed by atoms with van der Waals surface area (Å²) < 4.78 is 11.5. The van der Waals surface area contributed by atoms with E-state index in [2.05, 4.69) is 29.2 Å². The molecule has 1 heterocycles. The molecule has 0 spiro atoms. The van der Waals surface area contributed by atoms with Gasteiger partial charge in [0.25, 0.3) is 0 Å². The second-order valence-corrected chi connectivity index (χ2v) is 7.60. The lowest BCUT2D eigenvalue weighted by molar-refractivity contribution is 0.103. The summed E-state index contributed by atoms with van der Waals surface area (Å²) in [4.78, 5) is 14.8. The minimum Gasteiger partial charge on any atom is -0.493 e. The predicted octanol–water partition coefficient (Wildman–Crippen LogP) is 3.89. The van der Waals surface area contributed by atoms with E-state index >= 15 is 0 Å². The van der Waals surface area contributed by atoms with Crippen molar-refractivity contribution in [2.45, 2.75) is 32.9 Å². The van der Waals surface area contributed by atoms with Crippen molar-refractivity contribution in [2.24, 2.45) is 0 Å². The molecule has 6 nitrogen and oxygen atoms in total. The quantitative estimate of drug-likeness (QED) is 0.731. The Morgan fingerprint density at radius 3 is 2.10 bits per heavy atom. The highest BCUT2D eigenvalue weighted by atomic mass is 16.5. The van der Waals surface area contributed by atoms with Crippen LogP contribution < -0.4 is 9.47 Å². The third-order valence-electron chi connectivity index (χ3n) is 4.93. The third-order valence-corrected chi connectivity index (χ3v) is 4.93. The van der Waals surface area contributed by atoms with Gasteiger partial charge in [0.15, 0.2) is 0 Å². The number of carboxylic acid groups (broad SMARTS) is 1. The van der Waals surface area contributed by atoms with E-state index in [0.29, 0.717) is 19.7 Å². The zero-order valence-corrected chi connectivity index (χ0v) is 17.2. The van der Waals surface area contributed by atoms with Crippen LogP contribution in [-0.4, -0.2) is 59.9 Å². The highest BCUT2D eigenvalue weighted by molar-refractivity contribution is 5.65.